The Hall–Kier alpha value is 0.0197. The van der Waals surface area contributed by atoms with E-state index in [0.717, 1.165) is 5.75 Å². The SMILES string of the molecule is C1=Cc2ccccc2OC1.[Cu].[Nb]. The van der Waals surface area contributed by atoms with Crippen molar-refractivity contribution in [1.29, 1.82) is 0 Å². The third kappa shape index (κ3) is 2.51. The first-order valence-electron chi connectivity index (χ1n) is 3.35. The van der Waals surface area contributed by atoms with Crippen molar-refractivity contribution in [3.63, 3.8) is 0 Å². The molecule has 0 aliphatic carbocycles. The summed E-state index contributed by atoms with van der Waals surface area (Å²) in [4.78, 5) is 0. The largest absolute Gasteiger partial charge is 0.489 e. The van der Waals surface area contributed by atoms with E-state index in [9.17, 15) is 0 Å². The molecule has 0 amide bonds. The Labute approximate surface area is 98.2 Å². The van der Waals surface area contributed by atoms with Gasteiger partial charge in [0.05, 0.1) is 0 Å². The van der Waals surface area contributed by atoms with E-state index in [2.05, 4.69) is 6.08 Å². The molecule has 1 aromatic rings. The molecule has 0 N–H and O–H groups in total. The molecule has 1 heterocycles. The van der Waals surface area contributed by atoms with E-state index < -0.39 is 0 Å². The molecule has 2 radical (unpaired) electrons. The fraction of sp³-hybridized carbons (Fsp3) is 0.111. The van der Waals surface area contributed by atoms with E-state index in [1.54, 1.807) is 0 Å². The predicted molar refractivity (Wildman–Crippen MR) is 41.0 cm³/mol. The minimum absolute atomic E-state index is 0. The van der Waals surface area contributed by atoms with Gasteiger partial charge in [-0.25, -0.2) is 0 Å². The third-order valence-electron chi connectivity index (χ3n) is 1.55. The van der Waals surface area contributed by atoms with Gasteiger partial charge in [0, 0.05) is 45.0 Å². The molecule has 2 rings (SSSR count). The van der Waals surface area contributed by atoms with E-state index in [4.69, 9.17) is 4.74 Å². The zero-order valence-corrected chi connectivity index (χ0v) is 9.47. The van der Waals surface area contributed by atoms with Crippen molar-refractivity contribution in [2.24, 2.45) is 0 Å². The van der Waals surface area contributed by atoms with Crippen LogP contribution in [0.1, 0.15) is 5.56 Å². The number of hydrogen-bond acceptors (Lipinski definition) is 1. The molecule has 12 heavy (non-hydrogen) atoms. The first kappa shape index (κ1) is 12.0. The van der Waals surface area contributed by atoms with Gasteiger partial charge in [-0.2, -0.15) is 0 Å². The van der Waals surface area contributed by atoms with Crippen molar-refractivity contribution in [2.45, 2.75) is 0 Å². The summed E-state index contributed by atoms with van der Waals surface area (Å²) in [5.41, 5.74) is 1.17. The van der Waals surface area contributed by atoms with E-state index in [1.165, 1.54) is 5.56 Å². The van der Waals surface area contributed by atoms with Crippen molar-refractivity contribution in [3.05, 3.63) is 35.9 Å². The van der Waals surface area contributed by atoms with Gasteiger partial charge in [-0.3, -0.25) is 0 Å². The zero-order chi connectivity index (χ0) is 6.81. The van der Waals surface area contributed by atoms with Crippen LogP contribution < -0.4 is 4.74 Å². The topological polar surface area (TPSA) is 9.23 Å². The van der Waals surface area contributed by atoms with Crippen molar-refractivity contribution < 1.29 is 44.2 Å². The van der Waals surface area contributed by atoms with Gasteiger partial charge in [0.1, 0.15) is 12.4 Å². The Morgan fingerprint density at radius 2 is 1.92 bits per heavy atom. The Morgan fingerprint density at radius 1 is 1.17 bits per heavy atom. The Morgan fingerprint density at radius 3 is 2.67 bits per heavy atom. The van der Waals surface area contributed by atoms with Gasteiger partial charge in [-0.1, -0.05) is 24.3 Å². The van der Waals surface area contributed by atoms with Gasteiger partial charge in [0.2, 0.25) is 0 Å². The van der Waals surface area contributed by atoms with Gasteiger partial charge in [0.15, 0.2) is 0 Å². The van der Waals surface area contributed by atoms with Crippen LogP contribution in [0.4, 0.5) is 0 Å². The molecule has 1 aromatic carbocycles. The van der Waals surface area contributed by atoms with Crippen LogP contribution in [0.3, 0.4) is 0 Å². The Balaban J connectivity index is 0.000000605. The quantitative estimate of drug-likeness (QED) is 0.664. The summed E-state index contributed by atoms with van der Waals surface area (Å²) in [5, 5.41) is 0. The zero-order valence-electron chi connectivity index (χ0n) is 6.33. The summed E-state index contributed by atoms with van der Waals surface area (Å²) < 4.78 is 5.34. The number of para-hydroxylation sites is 1. The van der Waals surface area contributed by atoms with E-state index in [1.807, 2.05) is 30.3 Å². The average Bonchev–Trinajstić information content (AvgIpc) is 2.05. The maximum atomic E-state index is 5.34. The first-order chi connectivity index (χ1) is 4.97. The summed E-state index contributed by atoms with van der Waals surface area (Å²) in [6, 6.07) is 8.03. The Kier molecular flexibility index (Phi) is 5.64. The molecule has 0 saturated carbocycles. The van der Waals surface area contributed by atoms with Crippen LogP contribution in [-0.2, 0) is 39.4 Å². The molecule has 0 fully saturated rings. The second-order valence-corrected chi connectivity index (χ2v) is 2.25. The summed E-state index contributed by atoms with van der Waals surface area (Å²) in [6.07, 6.45) is 4.10. The molecule has 66 valence electrons. The number of benzene rings is 1. The first-order valence-corrected chi connectivity index (χ1v) is 3.35. The average molecular weight is 289 g/mol. The van der Waals surface area contributed by atoms with Crippen LogP contribution in [0.25, 0.3) is 6.08 Å². The van der Waals surface area contributed by atoms with Crippen molar-refractivity contribution in [1.82, 2.24) is 0 Å². The summed E-state index contributed by atoms with van der Waals surface area (Å²) >= 11 is 0. The molecule has 1 nitrogen and oxygen atoms in total. The molecule has 3 heteroatoms. The number of rotatable bonds is 0. The van der Waals surface area contributed by atoms with Crippen LogP contribution in [0.2, 0.25) is 0 Å². The predicted octanol–water partition coefficient (Wildman–Crippen LogP) is 2.09. The van der Waals surface area contributed by atoms with Crippen LogP contribution in [-0.4, -0.2) is 6.61 Å². The van der Waals surface area contributed by atoms with E-state index in [-0.39, 0.29) is 39.4 Å². The minimum Gasteiger partial charge on any atom is -0.489 e. The number of ether oxygens (including phenoxy) is 1. The van der Waals surface area contributed by atoms with Gasteiger partial charge in [0.25, 0.3) is 0 Å². The van der Waals surface area contributed by atoms with E-state index >= 15 is 0 Å². The van der Waals surface area contributed by atoms with Gasteiger partial charge >= 0.3 is 0 Å². The van der Waals surface area contributed by atoms with Crippen LogP contribution >= 0.6 is 0 Å². The molecular formula is C9H8CuNbO. The molecule has 0 bridgehead atoms. The Bertz CT molecular complexity index is 273. The molecule has 0 aromatic heterocycles. The monoisotopic (exact) mass is 288 g/mol. The van der Waals surface area contributed by atoms with Crippen LogP contribution in [0, 0.1) is 0 Å². The van der Waals surface area contributed by atoms with Crippen LogP contribution in [0.5, 0.6) is 5.75 Å². The van der Waals surface area contributed by atoms with Gasteiger partial charge in [-0.15, -0.1) is 0 Å². The second-order valence-electron chi connectivity index (χ2n) is 2.25. The second kappa shape index (κ2) is 5.63. The van der Waals surface area contributed by atoms with Gasteiger partial charge in [-0.05, 0) is 12.1 Å². The third-order valence-corrected chi connectivity index (χ3v) is 1.55. The van der Waals surface area contributed by atoms with Crippen molar-refractivity contribution in [3.8, 4) is 5.75 Å². The molecule has 0 spiro atoms. The number of fused-ring (bicyclic) bond motifs is 1. The van der Waals surface area contributed by atoms with E-state index in [0.29, 0.717) is 6.61 Å². The fourth-order valence-corrected chi connectivity index (χ4v) is 1.06. The van der Waals surface area contributed by atoms with Crippen LogP contribution in [0.15, 0.2) is 30.3 Å². The van der Waals surface area contributed by atoms with Crippen molar-refractivity contribution >= 4 is 6.08 Å². The molecular weight excluding hydrogens is 281 g/mol. The number of hydrogen-bond donors (Lipinski definition) is 0. The molecule has 0 atom stereocenters. The summed E-state index contributed by atoms with van der Waals surface area (Å²) in [5.74, 6) is 0.991. The summed E-state index contributed by atoms with van der Waals surface area (Å²) in [7, 11) is 0. The van der Waals surface area contributed by atoms with Crippen molar-refractivity contribution in [2.75, 3.05) is 6.61 Å². The van der Waals surface area contributed by atoms with Gasteiger partial charge < -0.3 is 4.74 Å². The fourth-order valence-electron chi connectivity index (χ4n) is 1.06. The maximum absolute atomic E-state index is 5.34. The molecule has 0 saturated heterocycles. The normalized spacial score (nSPS) is 11.7. The maximum Gasteiger partial charge on any atom is 0.126 e. The smallest absolute Gasteiger partial charge is 0.126 e. The molecule has 0 unspecified atom stereocenters. The summed E-state index contributed by atoms with van der Waals surface area (Å²) in [6.45, 7) is 0.705. The molecule has 1 aliphatic heterocycles. The molecule has 1 aliphatic rings. The minimum atomic E-state index is 0. The standard InChI is InChI=1S/C9H8O.Cu.Nb/c1-2-6-9-8(4-1)5-3-7-10-9;;/h1-6H,7H2;;.